The number of hydrazone groups is 1. The van der Waals surface area contributed by atoms with E-state index in [1.165, 1.54) is 5.01 Å². The first-order valence-electron chi connectivity index (χ1n) is 9.56. The Hall–Kier alpha value is -2.86. The first-order chi connectivity index (χ1) is 13.5. The molecular formula is C22H25N3O3. The van der Waals surface area contributed by atoms with Gasteiger partial charge in [0.2, 0.25) is 5.91 Å². The number of likely N-dealkylation sites (N-methyl/N-ethyl adjacent to an activating group) is 1. The second kappa shape index (κ2) is 7.64. The lowest BCUT2D eigenvalue weighted by Crippen LogP contribution is -2.41. The van der Waals surface area contributed by atoms with Gasteiger partial charge in [0.05, 0.1) is 18.0 Å². The molecule has 2 atom stereocenters. The minimum absolute atomic E-state index is 0.00813. The Morgan fingerprint density at radius 2 is 1.96 bits per heavy atom. The molecule has 0 aliphatic carbocycles. The van der Waals surface area contributed by atoms with Crippen molar-refractivity contribution >= 4 is 17.3 Å². The third-order valence-corrected chi connectivity index (χ3v) is 5.31. The molecular weight excluding hydrogens is 354 g/mol. The Morgan fingerprint density at radius 1 is 1.21 bits per heavy atom. The molecule has 2 aliphatic rings. The Bertz CT molecular complexity index is 892. The van der Waals surface area contributed by atoms with Crippen LogP contribution in [-0.4, -0.2) is 49.9 Å². The molecule has 4 rings (SSSR count). The van der Waals surface area contributed by atoms with Crippen molar-refractivity contribution in [2.24, 2.45) is 11.0 Å². The molecule has 0 saturated carbocycles. The quantitative estimate of drug-likeness (QED) is 0.801. The molecule has 2 aliphatic heterocycles. The molecule has 0 bridgehead atoms. The molecule has 28 heavy (non-hydrogen) atoms. The van der Waals surface area contributed by atoms with Gasteiger partial charge < -0.3 is 14.4 Å². The Kier molecular flexibility index (Phi) is 5.05. The minimum atomic E-state index is -0.0216. The van der Waals surface area contributed by atoms with Gasteiger partial charge in [-0.1, -0.05) is 12.1 Å². The summed E-state index contributed by atoms with van der Waals surface area (Å²) in [5.74, 6) is 1.59. The fraction of sp³-hybridized carbons (Fsp3) is 0.364. The van der Waals surface area contributed by atoms with Crippen LogP contribution in [0.5, 0.6) is 11.5 Å². The van der Waals surface area contributed by atoms with Gasteiger partial charge in [0, 0.05) is 23.9 Å². The summed E-state index contributed by atoms with van der Waals surface area (Å²) in [7, 11) is 4.06. The zero-order valence-corrected chi connectivity index (χ0v) is 16.5. The first-order valence-corrected chi connectivity index (χ1v) is 9.56. The molecule has 2 aromatic rings. The SMILES string of the molecule is CC(COc1ccc(N2N=C3c4ccccc4OCC3CC2=O)cc1)N(C)C. The molecule has 2 aromatic carbocycles. The fourth-order valence-electron chi connectivity index (χ4n) is 3.30. The summed E-state index contributed by atoms with van der Waals surface area (Å²) < 4.78 is 11.6. The number of fused-ring (bicyclic) bond motifs is 3. The monoisotopic (exact) mass is 379 g/mol. The number of carbonyl (C=O) groups is 1. The van der Waals surface area contributed by atoms with Crippen molar-refractivity contribution in [3.05, 3.63) is 54.1 Å². The molecule has 2 unspecified atom stereocenters. The lowest BCUT2D eigenvalue weighted by atomic mass is 9.90. The average Bonchev–Trinajstić information content (AvgIpc) is 2.71. The van der Waals surface area contributed by atoms with E-state index in [1.54, 1.807) is 0 Å². The van der Waals surface area contributed by atoms with Crippen LogP contribution in [0.1, 0.15) is 18.9 Å². The Morgan fingerprint density at radius 3 is 2.71 bits per heavy atom. The van der Waals surface area contributed by atoms with E-state index in [9.17, 15) is 4.79 Å². The molecule has 1 amide bonds. The molecule has 6 nitrogen and oxygen atoms in total. The number of benzene rings is 2. The summed E-state index contributed by atoms with van der Waals surface area (Å²) in [6, 6.07) is 15.7. The standard InChI is InChI=1S/C22H25N3O3/c1-15(24(2)3)13-27-18-10-8-17(9-11-18)25-21(26)12-16-14-28-20-7-5-4-6-19(20)22(16)23-25/h4-11,15-16H,12-14H2,1-3H3. The van der Waals surface area contributed by atoms with Gasteiger partial charge >= 0.3 is 0 Å². The third kappa shape index (κ3) is 3.60. The fourth-order valence-corrected chi connectivity index (χ4v) is 3.30. The number of hydrogen-bond acceptors (Lipinski definition) is 5. The number of anilines is 1. The van der Waals surface area contributed by atoms with E-state index < -0.39 is 0 Å². The minimum Gasteiger partial charge on any atom is -0.492 e. The predicted octanol–water partition coefficient (Wildman–Crippen LogP) is 3.17. The normalized spacial score (nSPS) is 19.4. The van der Waals surface area contributed by atoms with Crippen LogP contribution in [0.2, 0.25) is 0 Å². The number of ether oxygens (including phenoxy) is 2. The van der Waals surface area contributed by atoms with Gasteiger partial charge in [-0.2, -0.15) is 5.10 Å². The maximum Gasteiger partial charge on any atom is 0.248 e. The van der Waals surface area contributed by atoms with Crippen LogP contribution < -0.4 is 14.5 Å². The molecule has 6 heteroatoms. The van der Waals surface area contributed by atoms with Gasteiger partial charge in [-0.15, -0.1) is 0 Å². The lowest BCUT2D eigenvalue weighted by molar-refractivity contribution is -0.119. The van der Waals surface area contributed by atoms with Crippen LogP contribution in [-0.2, 0) is 4.79 Å². The summed E-state index contributed by atoms with van der Waals surface area (Å²) in [5, 5.41) is 6.20. The van der Waals surface area contributed by atoms with Crippen molar-refractivity contribution in [1.29, 1.82) is 0 Å². The van der Waals surface area contributed by atoms with Crippen LogP contribution >= 0.6 is 0 Å². The van der Waals surface area contributed by atoms with E-state index in [-0.39, 0.29) is 11.8 Å². The lowest BCUT2D eigenvalue weighted by Gasteiger charge is -2.33. The highest BCUT2D eigenvalue weighted by atomic mass is 16.5. The van der Waals surface area contributed by atoms with Crippen LogP contribution in [0.25, 0.3) is 0 Å². The van der Waals surface area contributed by atoms with Gasteiger partial charge in [0.15, 0.2) is 0 Å². The molecule has 0 N–H and O–H groups in total. The van der Waals surface area contributed by atoms with Crippen molar-refractivity contribution in [3.8, 4) is 11.5 Å². The second-order valence-electron chi connectivity index (χ2n) is 7.52. The van der Waals surface area contributed by atoms with E-state index >= 15 is 0 Å². The highest BCUT2D eigenvalue weighted by Crippen LogP contribution is 2.34. The summed E-state index contributed by atoms with van der Waals surface area (Å²) in [4.78, 5) is 14.8. The topological polar surface area (TPSA) is 54.4 Å². The third-order valence-electron chi connectivity index (χ3n) is 5.31. The van der Waals surface area contributed by atoms with E-state index in [0.29, 0.717) is 25.7 Å². The second-order valence-corrected chi connectivity index (χ2v) is 7.52. The van der Waals surface area contributed by atoms with Crippen molar-refractivity contribution in [3.63, 3.8) is 0 Å². The van der Waals surface area contributed by atoms with Crippen LogP contribution in [0.15, 0.2) is 53.6 Å². The highest BCUT2D eigenvalue weighted by Gasteiger charge is 2.35. The van der Waals surface area contributed by atoms with Gasteiger partial charge in [0.1, 0.15) is 18.1 Å². The molecule has 2 heterocycles. The highest BCUT2D eigenvalue weighted by molar-refractivity contribution is 6.12. The van der Waals surface area contributed by atoms with Crippen LogP contribution in [0.3, 0.4) is 0 Å². The number of rotatable bonds is 5. The smallest absolute Gasteiger partial charge is 0.248 e. The molecule has 146 valence electrons. The molecule has 0 fully saturated rings. The van der Waals surface area contributed by atoms with Gasteiger partial charge in [-0.05, 0) is 57.4 Å². The van der Waals surface area contributed by atoms with Crippen molar-refractivity contribution < 1.29 is 14.3 Å². The van der Waals surface area contributed by atoms with Gasteiger partial charge in [-0.3, -0.25) is 4.79 Å². The van der Waals surface area contributed by atoms with E-state index in [0.717, 1.165) is 28.5 Å². The van der Waals surface area contributed by atoms with E-state index in [4.69, 9.17) is 14.6 Å². The largest absolute Gasteiger partial charge is 0.492 e. The van der Waals surface area contributed by atoms with Crippen molar-refractivity contribution in [1.82, 2.24) is 4.90 Å². The van der Waals surface area contributed by atoms with Crippen molar-refractivity contribution in [2.75, 3.05) is 32.3 Å². The zero-order chi connectivity index (χ0) is 19.7. The van der Waals surface area contributed by atoms with Crippen LogP contribution in [0, 0.1) is 5.92 Å². The maximum atomic E-state index is 12.7. The number of nitrogens with zero attached hydrogens (tertiary/aromatic N) is 3. The van der Waals surface area contributed by atoms with E-state index in [1.807, 2.05) is 62.6 Å². The van der Waals surface area contributed by atoms with Gasteiger partial charge in [-0.25, -0.2) is 5.01 Å². The van der Waals surface area contributed by atoms with E-state index in [2.05, 4.69) is 11.8 Å². The maximum absolute atomic E-state index is 12.7. The summed E-state index contributed by atoms with van der Waals surface area (Å²) in [6.45, 7) is 3.21. The number of hydrogen-bond donors (Lipinski definition) is 0. The van der Waals surface area contributed by atoms with Crippen molar-refractivity contribution in [2.45, 2.75) is 19.4 Å². The summed E-state index contributed by atoms with van der Waals surface area (Å²) >= 11 is 0. The average molecular weight is 379 g/mol. The molecule has 0 spiro atoms. The Labute approximate surface area is 165 Å². The van der Waals surface area contributed by atoms with Crippen LogP contribution in [0.4, 0.5) is 5.69 Å². The molecule has 0 saturated heterocycles. The summed E-state index contributed by atoms with van der Waals surface area (Å²) in [6.07, 6.45) is 0.395. The predicted molar refractivity (Wildman–Crippen MR) is 109 cm³/mol. The molecule has 0 radical (unpaired) electrons. The number of para-hydroxylation sites is 1. The number of amides is 1. The molecule has 0 aromatic heterocycles. The van der Waals surface area contributed by atoms with Gasteiger partial charge in [0.25, 0.3) is 0 Å². The summed E-state index contributed by atoms with van der Waals surface area (Å²) in [5.41, 5.74) is 2.63. The number of carbonyl (C=O) groups excluding carboxylic acids is 1. The zero-order valence-electron chi connectivity index (χ0n) is 16.5. The Balaban J connectivity index is 1.55. The first kappa shape index (κ1) is 18.5.